The van der Waals surface area contributed by atoms with Crippen molar-refractivity contribution in [3.63, 3.8) is 0 Å². The molecule has 19 heavy (non-hydrogen) atoms. The van der Waals surface area contributed by atoms with Crippen LogP contribution in [0.2, 0.25) is 0 Å². The fourth-order valence-electron chi connectivity index (χ4n) is 2.02. The van der Waals surface area contributed by atoms with Crippen molar-refractivity contribution in [3.05, 3.63) is 48.0 Å². The zero-order valence-corrected chi connectivity index (χ0v) is 11.0. The number of nitrogens with zero attached hydrogens (tertiary/aromatic N) is 2. The number of aromatic amines is 1. The third-order valence-corrected chi connectivity index (χ3v) is 3.04. The average molecular weight is 253 g/mol. The van der Waals surface area contributed by atoms with Gasteiger partial charge in [0.15, 0.2) is 5.76 Å². The van der Waals surface area contributed by atoms with Gasteiger partial charge in [-0.2, -0.15) is 0 Å². The second-order valence-electron chi connectivity index (χ2n) is 4.41. The van der Waals surface area contributed by atoms with Gasteiger partial charge in [0.05, 0.1) is 6.20 Å². The first-order chi connectivity index (χ1) is 9.28. The van der Waals surface area contributed by atoms with Crippen LogP contribution in [0.25, 0.3) is 22.9 Å². The van der Waals surface area contributed by atoms with Crippen molar-refractivity contribution >= 4 is 0 Å². The average Bonchev–Trinajstić information content (AvgIpc) is 3.06. The molecule has 0 amide bonds. The minimum Gasteiger partial charge on any atom is -0.435 e. The maximum Gasteiger partial charge on any atom is 0.247 e. The normalized spacial score (nSPS) is 10.8. The van der Waals surface area contributed by atoms with E-state index in [1.165, 1.54) is 0 Å². The van der Waals surface area contributed by atoms with Crippen LogP contribution in [-0.2, 0) is 6.42 Å². The molecule has 4 nitrogen and oxygen atoms in total. The summed E-state index contributed by atoms with van der Waals surface area (Å²) < 4.78 is 5.80. The molecule has 2 heterocycles. The molecule has 3 aromatic rings. The van der Waals surface area contributed by atoms with Crippen LogP contribution in [0.3, 0.4) is 0 Å². The molecule has 0 bridgehead atoms. The second-order valence-corrected chi connectivity index (χ2v) is 4.41. The molecule has 96 valence electrons. The molecular formula is C15H15N3O. The van der Waals surface area contributed by atoms with Gasteiger partial charge >= 0.3 is 0 Å². The van der Waals surface area contributed by atoms with Crippen molar-refractivity contribution in [3.8, 4) is 22.9 Å². The molecule has 0 aliphatic heterocycles. The molecular weight excluding hydrogens is 238 g/mol. The molecule has 0 saturated carbocycles. The summed E-state index contributed by atoms with van der Waals surface area (Å²) >= 11 is 0. The van der Waals surface area contributed by atoms with E-state index in [9.17, 15) is 0 Å². The van der Waals surface area contributed by atoms with Crippen molar-refractivity contribution < 1.29 is 4.42 Å². The van der Waals surface area contributed by atoms with Gasteiger partial charge in [-0.15, -0.1) is 0 Å². The lowest BCUT2D eigenvalue weighted by Gasteiger charge is -1.94. The van der Waals surface area contributed by atoms with E-state index in [-0.39, 0.29) is 0 Å². The highest BCUT2D eigenvalue weighted by molar-refractivity contribution is 5.60. The fourth-order valence-corrected chi connectivity index (χ4v) is 2.02. The molecule has 4 heteroatoms. The first kappa shape index (κ1) is 11.7. The molecule has 0 atom stereocenters. The largest absolute Gasteiger partial charge is 0.435 e. The Balaban J connectivity index is 1.99. The van der Waals surface area contributed by atoms with Gasteiger partial charge in [0, 0.05) is 17.7 Å². The second kappa shape index (κ2) is 4.72. The molecule has 0 fully saturated rings. The molecule has 1 aromatic carbocycles. The Morgan fingerprint density at radius 3 is 2.68 bits per heavy atom. The Labute approximate surface area is 111 Å². The number of H-pyrrole nitrogens is 1. The zero-order chi connectivity index (χ0) is 13.2. The van der Waals surface area contributed by atoms with Crippen LogP contribution in [0.15, 0.2) is 40.9 Å². The summed E-state index contributed by atoms with van der Waals surface area (Å²) in [4.78, 5) is 12.0. The maximum absolute atomic E-state index is 5.80. The van der Waals surface area contributed by atoms with Gasteiger partial charge in [0.2, 0.25) is 5.89 Å². The molecule has 0 spiro atoms. The van der Waals surface area contributed by atoms with Crippen LogP contribution in [0, 0.1) is 6.92 Å². The number of oxazole rings is 1. The third-order valence-electron chi connectivity index (χ3n) is 3.04. The van der Waals surface area contributed by atoms with Crippen LogP contribution >= 0.6 is 0 Å². The van der Waals surface area contributed by atoms with Gasteiger partial charge in [-0.05, 0) is 6.92 Å². The molecule has 0 aliphatic rings. The van der Waals surface area contributed by atoms with Crippen LogP contribution in [-0.4, -0.2) is 15.0 Å². The highest BCUT2D eigenvalue weighted by atomic mass is 16.4. The Hall–Kier alpha value is -2.36. The predicted molar refractivity (Wildman–Crippen MR) is 73.6 cm³/mol. The van der Waals surface area contributed by atoms with E-state index in [1.807, 2.05) is 37.3 Å². The van der Waals surface area contributed by atoms with E-state index >= 15 is 0 Å². The molecule has 0 radical (unpaired) electrons. The van der Waals surface area contributed by atoms with E-state index in [4.69, 9.17) is 4.42 Å². The Bertz CT molecular complexity index is 682. The van der Waals surface area contributed by atoms with E-state index in [1.54, 1.807) is 6.20 Å². The van der Waals surface area contributed by atoms with Gasteiger partial charge in [-0.25, -0.2) is 9.97 Å². The van der Waals surface area contributed by atoms with Crippen LogP contribution in [0.4, 0.5) is 0 Å². The quantitative estimate of drug-likeness (QED) is 0.775. The minimum absolute atomic E-state index is 0.562. The number of hydrogen-bond acceptors (Lipinski definition) is 3. The van der Waals surface area contributed by atoms with Gasteiger partial charge in [-0.3, -0.25) is 0 Å². The maximum atomic E-state index is 5.80. The van der Waals surface area contributed by atoms with Crippen molar-refractivity contribution in [1.29, 1.82) is 0 Å². The van der Waals surface area contributed by atoms with E-state index < -0.39 is 0 Å². The molecule has 0 unspecified atom stereocenters. The zero-order valence-electron chi connectivity index (χ0n) is 11.0. The fraction of sp³-hybridized carbons (Fsp3) is 0.200. The highest BCUT2D eigenvalue weighted by Crippen LogP contribution is 2.26. The van der Waals surface area contributed by atoms with E-state index in [0.717, 1.165) is 35.0 Å². The monoisotopic (exact) mass is 253 g/mol. The number of nitrogens with one attached hydrogen (secondary N) is 1. The minimum atomic E-state index is 0.562. The lowest BCUT2D eigenvalue weighted by atomic mass is 10.2. The van der Waals surface area contributed by atoms with Crippen molar-refractivity contribution in [2.75, 3.05) is 0 Å². The molecule has 0 saturated heterocycles. The molecule has 3 rings (SSSR count). The highest BCUT2D eigenvalue weighted by Gasteiger charge is 2.14. The lowest BCUT2D eigenvalue weighted by Crippen LogP contribution is -1.82. The number of imidazole rings is 1. The number of aromatic nitrogens is 3. The lowest BCUT2D eigenvalue weighted by molar-refractivity contribution is 0.586. The van der Waals surface area contributed by atoms with Gasteiger partial charge in [-0.1, -0.05) is 37.3 Å². The van der Waals surface area contributed by atoms with Crippen molar-refractivity contribution in [2.24, 2.45) is 0 Å². The summed E-state index contributed by atoms with van der Waals surface area (Å²) in [5.74, 6) is 2.27. The molecule has 0 aliphatic carbocycles. The van der Waals surface area contributed by atoms with Crippen molar-refractivity contribution in [2.45, 2.75) is 20.3 Å². The molecule has 1 N–H and O–H groups in total. The molecule has 2 aromatic heterocycles. The summed E-state index contributed by atoms with van der Waals surface area (Å²) in [6, 6.07) is 9.93. The summed E-state index contributed by atoms with van der Waals surface area (Å²) in [5, 5.41) is 0. The van der Waals surface area contributed by atoms with Crippen molar-refractivity contribution in [1.82, 2.24) is 15.0 Å². The predicted octanol–water partition coefficient (Wildman–Crippen LogP) is 3.60. The van der Waals surface area contributed by atoms with Gasteiger partial charge < -0.3 is 9.40 Å². The third kappa shape index (κ3) is 2.17. The summed E-state index contributed by atoms with van der Waals surface area (Å²) in [7, 11) is 0. The Morgan fingerprint density at radius 1 is 1.21 bits per heavy atom. The Kier molecular flexibility index (Phi) is 2.91. The summed E-state index contributed by atoms with van der Waals surface area (Å²) in [6.45, 7) is 4.04. The topological polar surface area (TPSA) is 54.7 Å². The summed E-state index contributed by atoms with van der Waals surface area (Å²) in [5.41, 5.74) is 2.79. The van der Waals surface area contributed by atoms with Crippen LogP contribution in [0.1, 0.15) is 18.4 Å². The Morgan fingerprint density at radius 2 is 2.00 bits per heavy atom. The van der Waals surface area contributed by atoms with Gasteiger partial charge in [0.25, 0.3) is 0 Å². The van der Waals surface area contributed by atoms with E-state index in [2.05, 4.69) is 21.9 Å². The van der Waals surface area contributed by atoms with E-state index in [0.29, 0.717) is 5.89 Å². The van der Waals surface area contributed by atoms with Crippen LogP contribution < -0.4 is 0 Å². The first-order valence-corrected chi connectivity index (χ1v) is 6.35. The van der Waals surface area contributed by atoms with Crippen LogP contribution in [0.5, 0.6) is 0 Å². The standard InChI is InChI=1S/C15H15N3O/c1-3-13-17-10(2)14(18-13)15-16-9-12(19-15)11-7-5-4-6-8-11/h4-9H,3H2,1-2H3,(H,17,18). The number of benzene rings is 1. The smallest absolute Gasteiger partial charge is 0.247 e. The first-order valence-electron chi connectivity index (χ1n) is 6.35. The summed E-state index contributed by atoms with van der Waals surface area (Å²) in [6.07, 6.45) is 2.61. The number of aryl methyl sites for hydroxylation is 2. The number of rotatable bonds is 3. The van der Waals surface area contributed by atoms with Gasteiger partial charge in [0.1, 0.15) is 11.5 Å². The number of hydrogen-bond donors (Lipinski definition) is 1. The SMILES string of the molecule is CCc1nc(-c2ncc(-c3ccccc3)o2)c(C)[nH]1.